The maximum absolute atomic E-state index is 11.4. The monoisotopic (exact) mass is 492 g/mol. The topological polar surface area (TPSA) is 207 Å². The summed E-state index contributed by atoms with van der Waals surface area (Å²) in [6.07, 6.45) is 1.81. The molecule has 0 saturated carbocycles. The molecule has 0 aliphatic carbocycles. The molecule has 0 bridgehead atoms. The number of quaternary nitrogens is 1. The van der Waals surface area contributed by atoms with Crippen LogP contribution in [0, 0.1) is 35.6 Å². The largest absolute Gasteiger partial charge is 0.633 e. The van der Waals surface area contributed by atoms with E-state index in [1.165, 1.54) is 0 Å². The van der Waals surface area contributed by atoms with Crippen LogP contribution in [0.3, 0.4) is 0 Å². The maximum Gasteiger partial charge on any atom is 0.308 e. The summed E-state index contributed by atoms with van der Waals surface area (Å²) < 4.78 is 30.4. The van der Waals surface area contributed by atoms with Crippen molar-refractivity contribution in [3.05, 3.63) is 47.7 Å². The Morgan fingerprint density at radius 3 is 1.70 bits per heavy atom. The molecule has 1 N–H and O–H groups in total. The third kappa shape index (κ3) is 9.10. The standard InChI is InChI=1S/C7H15Cl2NO.C6H3N3O9S/c1-10(11,7-5-9)6-3-2-4-8;10-7(11)3-1-4(8(12)13)6(19(16,17)18)5(2-3)9(14)15/h2-7H2,1H3;1-2H,(H,16,17,18). The van der Waals surface area contributed by atoms with Gasteiger partial charge >= 0.3 is 21.5 Å². The van der Waals surface area contributed by atoms with E-state index in [0.29, 0.717) is 24.8 Å². The molecule has 14 nitrogen and oxygen atoms in total. The molecule has 1 aromatic rings. The zero-order valence-electron chi connectivity index (χ0n) is 15.5. The predicted molar refractivity (Wildman–Crippen MR) is 106 cm³/mol. The first-order valence-corrected chi connectivity index (χ1v) is 10.4. The highest BCUT2D eigenvalue weighted by atomic mass is 35.5. The number of unbranched alkanes of at least 4 members (excludes halogenated alkanes) is 1. The lowest BCUT2D eigenvalue weighted by Gasteiger charge is -2.38. The van der Waals surface area contributed by atoms with E-state index in [1.54, 1.807) is 7.05 Å². The smallest absolute Gasteiger partial charge is 0.308 e. The van der Waals surface area contributed by atoms with E-state index in [4.69, 9.17) is 27.8 Å². The summed E-state index contributed by atoms with van der Waals surface area (Å²) in [5.41, 5.74) is -3.96. The van der Waals surface area contributed by atoms with E-state index in [-0.39, 0.29) is 16.8 Å². The van der Waals surface area contributed by atoms with Gasteiger partial charge in [-0.05, 0) is 12.8 Å². The molecule has 0 aliphatic rings. The van der Waals surface area contributed by atoms with Crippen molar-refractivity contribution in [2.75, 3.05) is 31.9 Å². The molecule has 0 aliphatic heterocycles. The van der Waals surface area contributed by atoms with Crippen LogP contribution in [0.5, 0.6) is 0 Å². The van der Waals surface area contributed by atoms with Gasteiger partial charge in [0.25, 0.3) is 5.69 Å². The summed E-state index contributed by atoms with van der Waals surface area (Å²) in [5, 5.41) is 43.1. The summed E-state index contributed by atoms with van der Waals surface area (Å²) in [5.74, 6) is 1.07. The van der Waals surface area contributed by atoms with E-state index in [2.05, 4.69) is 0 Å². The van der Waals surface area contributed by atoms with Crippen molar-refractivity contribution < 1.29 is 32.4 Å². The van der Waals surface area contributed by atoms with Crippen LogP contribution in [0.25, 0.3) is 0 Å². The second kappa shape index (κ2) is 11.9. The van der Waals surface area contributed by atoms with Crippen molar-refractivity contribution in [3.8, 4) is 0 Å². The first-order chi connectivity index (χ1) is 13.7. The van der Waals surface area contributed by atoms with Crippen molar-refractivity contribution >= 4 is 50.4 Å². The van der Waals surface area contributed by atoms with Gasteiger partial charge in [0.15, 0.2) is 0 Å². The molecule has 1 unspecified atom stereocenters. The van der Waals surface area contributed by atoms with Gasteiger partial charge in [-0.25, -0.2) is 0 Å². The molecule has 17 heteroatoms. The van der Waals surface area contributed by atoms with Gasteiger partial charge in [0.1, 0.15) is 0 Å². The molecule has 0 fully saturated rings. The lowest BCUT2D eigenvalue weighted by molar-refractivity contribution is -0.858. The van der Waals surface area contributed by atoms with Crippen LogP contribution in [-0.4, -0.2) is 64.3 Å². The Balaban J connectivity index is 0.000000654. The van der Waals surface area contributed by atoms with E-state index in [0.717, 1.165) is 12.8 Å². The number of hydrogen-bond donors (Lipinski definition) is 1. The van der Waals surface area contributed by atoms with Crippen molar-refractivity contribution in [2.45, 2.75) is 17.7 Å². The highest BCUT2D eigenvalue weighted by molar-refractivity contribution is 7.86. The lowest BCUT2D eigenvalue weighted by Crippen LogP contribution is -2.40. The van der Waals surface area contributed by atoms with Gasteiger partial charge in [-0.15, -0.1) is 23.2 Å². The minimum atomic E-state index is -5.30. The fourth-order valence-electron chi connectivity index (χ4n) is 2.06. The predicted octanol–water partition coefficient (Wildman–Crippen LogP) is 2.85. The third-order valence-corrected chi connectivity index (χ3v) is 4.84. The highest BCUT2D eigenvalue weighted by Gasteiger charge is 2.37. The van der Waals surface area contributed by atoms with E-state index in [1.807, 2.05) is 0 Å². The molecular weight excluding hydrogens is 475 g/mol. The Hall–Kier alpha value is -2.17. The molecule has 0 amide bonds. The fourth-order valence-corrected chi connectivity index (χ4v) is 3.40. The summed E-state index contributed by atoms with van der Waals surface area (Å²) in [6, 6.07) is 0.409. The molecule has 1 aromatic carbocycles. The van der Waals surface area contributed by atoms with Crippen LogP contribution in [0.1, 0.15) is 12.8 Å². The molecule has 0 heterocycles. The fraction of sp³-hybridized carbons (Fsp3) is 0.538. The van der Waals surface area contributed by atoms with Gasteiger partial charge in [-0.3, -0.25) is 34.9 Å². The third-order valence-electron chi connectivity index (χ3n) is 3.47. The number of nitrogens with zero attached hydrogens (tertiary/aromatic N) is 4. The van der Waals surface area contributed by atoms with Crippen molar-refractivity contribution in [1.29, 1.82) is 0 Å². The number of alkyl halides is 2. The molecule has 0 aromatic heterocycles. The Morgan fingerprint density at radius 1 is 0.933 bits per heavy atom. The second-order valence-corrected chi connectivity index (χ2v) is 8.00. The van der Waals surface area contributed by atoms with Gasteiger partial charge in [-0.2, -0.15) is 8.42 Å². The van der Waals surface area contributed by atoms with Gasteiger partial charge < -0.3 is 9.85 Å². The van der Waals surface area contributed by atoms with Crippen molar-refractivity contribution in [2.24, 2.45) is 0 Å². The number of non-ortho nitro benzene ring substituents is 1. The Kier molecular flexibility index (Phi) is 11.0. The van der Waals surface area contributed by atoms with Crippen molar-refractivity contribution in [1.82, 2.24) is 0 Å². The lowest BCUT2D eigenvalue weighted by atomic mass is 10.2. The molecule has 1 rings (SSSR count). The van der Waals surface area contributed by atoms with E-state index < -0.39 is 46.8 Å². The SMILES string of the molecule is C[N+]([O-])(CCCl)CCCCCl.O=[N+]([O-])c1cc([N+](=O)[O-])c(S(=O)(=O)O)c([N+](=O)[O-])c1. The molecule has 30 heavy (non-hydrogen) atoms. The number of rotatable bonds is 10. The van der Waals surface area contributed by atoms with Crippen LogP contribution in [-0.2, 0) is 10.1 Å². The number of hydroxylamine groups is 3. The molecule has 1 atom stereocenters. The first-order valence-electron chi connectivity index (χ1n) is 7.94. The maximum atomic E-state index is 11.4. The average Bonchev–Trinajstić information content (AvgIpc) is 2.60. The Labute approximate surface area is 180 Å². The van der Waals surface area contributed by atoms with Gasteiger partial charge in [0.05, 0.1) is 52.9 Å². The zero-order valence-corrected chi connectivity index (χ0v) is 17.8. The van der Waals surface area contributed by atoms with E-state index in [9.17, 15) is 44.0 Å². The number of nitro benzene ring substituents is 3. The Bertz CT molecular complexity index is 859. The van der Waals surface area contributed by atoms with Crippen LogP contribution in [0.4, 0.5) is 17.1 Å². The molecule has 0 radical (unpaired) electrons. The van der Waals surface area contributed by atoms with Crippen molar-refractivity contribution in [3.63, 3.8) is 0 Å². The minimum Gasteiger partial charge on any atom is -0.633 e. The van der Waals surface area contributed by atoms with Crippen LogP contribution in [0.2, 0.25) is 0 Å². The number of nitro groups is 3. The van der Waals surface area contributed by atoms with Crippen LogP contribution >= 0.6 is 23.2 Å². The zero-order chi connectivity index (χ0) is 23.7. The van der Waals surface area contributed by atoms with Gasteiger partial charge in [-0.1, -0.05) is 0 Å². The molecular formula is C13H18Cl2N4O10S. The quantitative estimate of drug-likeness (QED) is 0.126. The van der Waals surface area contributed by atoms with Gasteiger partial charge in [0.2, 0.25) is 4.90 Å². The van der Waals surface area contributed by atoms with E-state index >= 15 is 0 Å². The molecule has 0 saturated heterocycles. The summed E-state index contributed by atoms with van der Waals surface area (Å²) in [6.45, 7) is 1.11. The van der Waals surface area contributed by atoms with Crippen LogP contribution in [0.15, 0.2) is 17.0 Å². The van der Waals surface area contributed by atoms with Crippen LogP contribution < -0.4 is 0 Å². The average molecular weight is 493 g/mol. The normalized spacial score (nSPS) is 13.0. The Morgan fingerprint density at radius 2 is 1.40 bits per heavy atom. The summed E-state index contributed by atoms with van der Waals surface area (Å²) in [7, 11) is -3.65. The second-order valence-electron chi connectivity index (χ2n) is 5.89. The number of hydrogen-bond acceptors (Lipinski definition) is 9. The number of benzene rings is 1. The van der Waals surface area contributed by atoms with Gasteiger partial charge in [0, 0.05) is 5.88 Å². The highest BCUT2D eigenvalue weighted by Crippen LogP contribution is 2.36. The number of halogens is 2. The molecule has 170 valence electrons. The summed E-state index contributed by atoms with van der Waals surface area (Å²) in [4.78, 5) is 26.1. The minimum absolute atomic E-state index is 0.204. The molecule has 0 spiro atoms. The summed E-state index contributed by atoms with van der Waals surface area (Å²) >= 11 is 10.9. The first kappa shape index (κ1) is 27.8.